The number of carbonyl (C=O) groups excluding carboxylic acids is 4. The fourth-order valence-electron chi connectivity index (χ4n) is 8.43. The number of nitrogens with one attached hydrogen (secondary N) is 4. The third kappa shape index (κ3) is 8.00. The quantitative estimate of drug-likeness (QED) is 0.128. The third-order valence-corrected chi connectivity index (χ3v) is 11.5. The number of benzene rings is 2. The zero-order valence-corrected chi connectivity index (χ0v) is 33.5. The minimum absolute atomic E-state index is 0.103. The summed E-state index contributed by atoms with van der Waals surface area (Å²) in [7, 11) is 2.59. The summed E-state index contributed by atoms with van der Waals surface area (Å²) < 4.78 is 15.5. The first-order valence-electron chi connectivity index (χ1n) is 19.9. The van der Waals surface area contributed by atoms with Crippen LogP contribution in [-0.2, 0) is 37.0 Å². The van der Waals surface area contributed by atoms with Crippen molar-refractivity contribution < 1.29 is 33.4 Å². The normalized spacial score (nSPS) is 18.8. The number of likely N-dealkylation sites (tertiary alicyclic amines) is 2. The number of ether oxygens (including phenoxy) is 3. The van der Waals surface area contributed by atoms with E-state index in [0.29, 0.717) is 26.3 Å². The molecule has 0 unspecified atom stereocenters. The number of amides is 4. The van der Waals surface area contributed by atoms with Crippen LogP contribution in [0.25, 0.3) is 33.6 Å². The standard InChI is InChI=1S/C43H53N7O7/c1-24(2)35(47-42(53)55-5)40(51)49-19-7-9-33(49)38-31-23-57-22-30(31)37(46-38)29-17-13-27(14-18-29)26-11-15-28(16-12-26)32-21-44-39(45-32)34-10-8-20-50(34)41(52)36(25(3)4)48-43(54)56-6/h11-18,21,24-25,33-36,46H,7-10,19-20,22-23H2,1-6H3,(H,44,45)(H,47,53)(H,48,54)/t33-,34-,35-,36-/m0/s1. The average Bonchev–Trinajstić information content (AvgIpc) is 4.07. The summed E-state index contributed by atoms with van der Waals surface area (Å²) in [5, 5.41) is 5.44. The molecule has 0 saturated carbocycles. The van der Waals surface area contributed by atoms with E-state index in [1.165, 1.54) is 14.2 Å². The van der Waals surface area contributed by atoms with Gasteiger partial charge in [-0.2, -0.15) is 0 Å². The molecule has 0 bridgehead atoms. The number of imidazole rings is 1. The Kier molecular flexibility index (Phi) is 11.7. The van der Waals surface area contributed by atoms with Crippen molar-refractivity contribution in [2.45, 2.75) is 90.8 Å². The third-order valence-electron chi connectivity index (χ3n) is 11.5. The Morgan fingerprint density at radius 3 is 1.74 bits per heavy atom. The van der Waals surface area contributed by atoms with Crippen LogP contribution in [0.1, 0.15) is 88.1 Å². The molecule has 2 aromatic carbocycles. The largest absolute Gasteiger partial charge is 0.453 e. The number of methoxy groups -OCH3 is 2. The predicted octanol–water partition coefficient (Wildman–Crippen LogP) is 6.86. The topological polar surface area (TPSA) is 171 Å². The minimum atomic E-state index is -0.689. The molecule has 7 rings (SSSR count). The van der Waals surface area contributed by atoms with Gasteiger partial charge in [-0.3, -0.25) is 9.59 Å². The lowest BCUT2D eigenvalue weighted by Crippen LogP contribution is -2.51. The van der Waals surface area contributed by atoms with Crippen molar-refractivity contribution in [2.24, 2.45) is 11.8 Å². The molecular weight excluding hydrogens is 727 g/mol. The molecular formula is C43H53N7O7. The SMILES string of the molecule is COC(=O)N[C@H](C(=O)N1CCC[C@H]1c1ncc(-c2ccc(-c3ccc(-c4[nH]c([C@@H]5CCCN5C(=O)[C@@H](NC(=O)OC)C(C)C)c5c4COC5)cc3)cc2)[nH]1)C(C)C. The van der Waals surface area contributed by atoms with Crippen molar-refractivity contribution in [3.63, 3.8) is 0 Å². The van der Waals surface area contributed by atoms with Crippen LogP contribution in [0.15, 0.2) is 54.7 Å². The van der Waals surface area contributed by atoms with Gasteiger partial charge in [0.1, 0.15) is 17.9 Å². The summed E-state index contributed by atoms with van der Waals surface area (Å²) in [6, 6.07) is 15.0. The van der Waals surface area contributed by atoms with Crippen molar-refractivity contribution in [1.29, 1.82) is 0 Å². The number of rotatable bonds is 11. The van der Waals surface area contributed by atoms with Crippen molar-refractivity contribution in [3.8, 4) is 33.6 Å². The molecule has 3 aliphatic heterocycles. The molecule has 5 heterocycles. The summed E-state index contributed by atoms with van der Waals surface area (Å²) in [6.07, 6.45) is 3.89. The molecule has 57 heavy (non-hydrogen) atoms. The van der Waals surface area contributed by atoms with Gasteiger partial charge in [0.25, 0.3) is 0 Å². The number of carbonyl (C=O) groups is 4. The molecule has 14 nitrogen and oxygen atoms in total. The Labute approximate surface area is 333 Å². The molecule has 4 N–H and O–H groups in total. The number of hydrogen-bond acceptors (Lipinski definition) is 8. The lowest BCUT2D eigenvalue weighted by Gasteiger charge is -2.31. The number of H-pyrrole nitrogens is 2. The molecule has 2 saturated heterocycles. The second kappa shape index (κ2) is 16.8. The van der Waals surface area contributed by atoms with Crippen LogP contribution in [0.2, 0.25) is 0 Å². The van der Waals surface area contributed by atoms with Crippen molar-refractivity contribution >= 4 is 24.0 Å². The van der Waals surface area contributed by atoms with Crippen LogP contribution in [0, 0.1) is 11.8 Å². The number of fused-ring (bicyclic) bond motifs is 1. The van der Waals surface area contributed by atoms with Gasteiger partial charge >= 0.3 is 12.2 Å². The maximum atomic E-state index is 13.8. The fourth-order valence-corrected chi connectivity index (χ4v) is 8.43. The van der Waals surface area contributed by atoms with Crippen LogP contribution in [0.4, 0.5) is 9.59 Å². The van der Waals surface area contributed by atoms with E-state index in [2.05, 4.69) is 74.1 Å². The first-order chi connectivity index (χ1) is 27.5. The molecule has 0 aliphatic carbocycles. The molecule has 2 aromatic heterocycles. The molecule has 2 fully saturated rings. The minimum Gasteiger partial charge on any atom is -0.453 e. The van der Waals surface area contributed by atoms with E-state index in [-0.39, 0.29) is 35.7 Å². The van der Waals surface area contributed by atoms with Crippen LogP contribution < -0.4 is 10.6 Å². The highest BCUT2D eigenvalue weighted by molar-refractivity contribution is 5.87. The van der Waals surface area contributed by atoms with Crippen molar-refractivity contribution in [1.82, 2.24) is 35.4 Å². The lowest BCUT2D eigenvalue weighted by atomic mass is 9.99. The summed E-state index contributed by atoms with van der Waals surface area (Å²) in [5.41, 5.74) is 9.26. The fraction of sp³-hybridized carbons (Fsp3) is 0.465. The second-order valence-electron chi connectivity index (χ2n) is 15.8. The summed E-state index contributed by atoms with van der Waals surface area (Å²) in [4.78, 5) is 67.0. The maximum absolute atomic E-state index is 13.8. The Morgan fingerprint density at radius 2 is 1.19 bits per heavy atom. The molecule has 3 aliphatic rings. The Balaban J connectivity index is 1.05. The first kappa shape index (κ1) is 39.6. The molecule has 14 heteroatoms. The van der Waals surface area contributed by atoms with Crippen LogP contribution in [-0.4, -0.2) is 88.1 Å². The lowest BCUT2D eigenvalue weighted by molar-refractivity contribution is -0.136. The Hall–Kier alpha value is -5.63. The Morgan fingerprint density at radius 1 is 0.702 bits per heavy atom. The van der Waals surface area contributed by atoms with Crippen molar-refractivity contribution in [3.05, 3.63) is 77.4 Å². The number of hydrogen-bond donors (Lipinski definition) is 4. The smallest absolute Gasteiger partial charge is 0.407 e. The van der Waals surface area contributed by atoms with Gasteiger partial charge in [-0.25, -0.2) is 14.6 Å². The van der Waals surface area contributed by atoms with Gasteiger partial charge in [-0.15, -0.1) is 0 Å². The summed E-state index contributed by atoms with van der Waals surface area (Å²) >= 11 is 0. The van der Waals surface area contributed by atoms with E-state index >= 15 is 0 Å². The molecule has 302 valence electrons. The van der Waals surface area contributed by atoms with Crippen LogP contribution >= 0.6 is 0 Å². The van der Waals surface area contributed by atoms with Gasteiger partial charge in [-0.1, -0.05) is 76.2 Å². The van der Waals surface area contributed by atoms with Gasteiger partial charge in [0, 0.05) is 29.9 Å². The zero-order valence-electron chi connectivity index (χ0n) is 33.5. The maximum Gasteiger partial charge on any atom is 0.407 e. The predicted molar refractivity (Wildman–Crippen MR) is 213 cm³/mol. The molecule has 0 radical (unpaired) electrons. The number of aromatic amines is 2. The highest BCUT2D eigenvalue weighted by Gasteiger charge is 2.40. The van der Waals surface area contributed by atoms with Crippen LogP contribution in [0.3, 0.4) is 0 Å². The second-order valence-corrected chi connectivity index (χ2v) is 15.8. The van der Waals surface area contributed by atoms with E-state index in [0.717, 1.165) is 82.0 Å². The molecule has 0 spiro atoms. The number of alkyl carbamates (subject to hydrolysis) is 2. The summed E-state index contributed by atoms with van der Waals surface area (Å²) in [5.74, 6) is 0.269. The monoisotopic (exact) mass is 779 g/mol. The van der Waals surface area contributed by atoms with E-state index in [9.17, 15) is 19.2 Å². The molecule has 4 atom stereocenters. The van der Waals surface area contributed by atoms with E-state index in [1.807, 2.05) is 43.7 Å². The Bertz CT molecular complexity index is 2090. The molecule has 4 amide bonds. The molecule has 4 aromatic rings. The average molecular weight is 780 g/mol. The highest BCUT2D eigenvalue weighted by atomic mass is 16.5. The van der Waals surface area contributed by atoms with Gasteiger partial charge < -0.3 is 44.6 Å². The van der Waals surface area contributed by atoms with Crippen molar-refractivity contribution in [2.75, 3.05) is 27.3 Å². The van der Waals surface area contributed by atoms with E-state index in [4.69, 9.17) is 14.2 Å². The van der Waals surface area contributed by atoms with E-state index in [1.54, 1.807) is 0 Å². The number of aromatic nitrogens is 3. The van der Waals surface area contributed by atoms with Crippen LogP contribution in [0.5, 0.6) is 0 Å². The van der Waals surface area contributed by atoms with E-state index < -0.39 is 24.3 Å². The summed E-state index contributed by atoms with van der Waals surface area (Å²) in [6.45, 7) is 9.84. The van der Waals surface area contributed by atoms with Gasteiger partial charge in [0.15, 0.2) is 0 Å². The first-order valence-corrected chi connectivity index (χ1v) is 19.9. The van der Waals surface area contributed by atoms with Gasteiger partial charge in [0.05, 0.1) is 57.1 Å². The van der Waals surface area contributed by atoms with Gasteiger partial charge in [0.2, 0.25) is 11.8 Å². The highest BCUT2D eigenvalue weighted by Crippen LogP contribution is 2.42. The van der Waals surface area contributed by atoms with Gasteiger partial charge in [-0.05, 0) is 59.8 Å². The number of nitrogens with zero attached hydrogens (tertiary/aromatic N) is 3. The zero-order chi connectivity index (χ0) is 40.4.